The first-order valence-electron chi connectivity index (χ1n) is 12.5. The normalized spacial score (nSPS) is 17.3. The van der Waals surface area contributed by atoms with Crippen LogP contribution in [0.2, 0.25) is 0 Å². The summed E-state index contributed by atoms with van der Waals surface area (Å²) in [5, 5.41) is 14.3. The number of hydrogen-bond donors (Lipinski definition) is 1. The van der Waals surface area contributed by atoms with Gasteiger partial charge in [0.25, 0.3) is 5.91 Å². The molecule has 2 aromatic heterocycles. The fraction of sp³-hybridized carbons (Fsp3) is 0.462. The maximum absolute atomic E-state index is 12.2. The molecule has 8 nitrogen and oxygen atoms in total. The molecule has 0 bridgehead atoms. The number of anilines is 1. The van der Waals surface area contributed by atoms with Gasteiger partial charge < -0.3 is 15.0 Å². The molecule has 0 atom stereocenters. The van der Waals surface area contributed by atoms with Gasteiger partial charge in [-0.1, -0.05) is 49.6 Å². The molecular weight excluding hydrogens is 460 g/mol. The average Bonchev–Trinajstić information content (AvgIpc) is 3.41. The van der Waals surface area contributed by atoms with E-state index in [9.17, 15) is 4.79 Å². The Morgan fingerprint density at radius 1 is 1.00 bits per heavy atom. The number of carbonyl (C=O) groups excluding carboxylic acids is 1. The largest absolute Gasteiger partial charge is 0.466 e. The molecule has 2 aliphatic rings. The zero-order valence-electron chi connectivity index (χ0n) is 19.9. The summed E-state index contributed by atoms with van der Waals surface area (Å²) in [6, 6.07) is 14.5. The minimum absolute atomic E-state index is 0.107. The van der Waals surface area contributed by atoms with Crippen LogP contribution in [-0.2, 0) is 11.3 Å². The highest BCUT2D eigenvalue weighted by Crippen LogP contribution is 2.25. The Labute approximate surface area is 210 Å². The second-order valence-corrected chi connectivity index (χ2v) is 9.98. The van der Waals surface area contributed by atoms with Gasteiger partial charge in [-0.05, 0) is 18.9 Å². The Morgan fingerprint density at radius 2 is 1.80 bits per heavy atom. The highest BCUT2D eigenvalue weighted by Gasteiger charge is 2.25. The summed E-state index contributed by atoms with van der Waals surface area (Å²) in [7, 11) is 0. The van der Waals surface area contributed by atoms with Crippen LogP contribution in [-0.4, -0.2) is 64.8 Å². The van der Waals surface area contributed by atoms with E-state index in [1.54, 1.807) is 17.4 Å². The molecule has 1 aliphatic heterocycles. The average molecular weight is 493 g/mol. The molecular formula is C26H32N6O2S. The van der Waals surface area contributed by atoms with E-state index < -0.39 is 0 Å². The van der Waals surface area contributed by atoms with E-state index in [-0.39, 0.29) is 12.5 Å². The second-order valence-electron chi connectivity index (χ2n) is 9.12. The lowest BCUT2D eigenvalue weighted by atomic mass is 9.94. The smallest absolute Gasteiger partial charge is 0.258 e. The number of rotatable bonds is 8. The first-order valence-corrected chi connectivity index (χ1v) is 13.3. The molecule has 1 N–H and O–H groups in total. The van der Waals surface area contributed by atoms with Crippen LogP contribution in [0.1, 0.15) is 37.8 Å². The first-order chi connectivity index (χ1) is 17.2. The molecule has 3 aromatic rings. The van der Waals surface area contributed by atoms with Gasteiger partial charge in [0.15, 0.2) is 12.4 Å². The van der Waals surface area contributed by atoms with Crippen LogP contribution >= 0.6 is 11.3 Å². The second kappa shape index (κ2) is 11.6. The predicted octanol–water partition coefficient (Wildman–Crippen LogP) is 3.75. The molecule has 1 saturated carbocycles. The van der Waals surface area contributed by atoms with Crippen molar-refractivity contribution in [1.29, 1.82) is 0 Å². The highest BCUT2D eigenvalue weighted by molar-refractivity contribution is 7.13. The lowest BCUT2D eigenvalue weighted by Gasteiger charge is -2.41. The Morgan fingerprint density at radius 3 is 2.54 bits per heavy atom. The first kappa shape index (κ1) is 23.7. The summed E-state index contributed by atoms with van der Waals surface area (Å²) in [4.78, 5) is 21.7. The standard InChI is InChI=1S/C26H32N6O2S/c33-24(27-17-21-19-35-26(28-21)20-7-3-1-4-8-20)18-34-25-12-11-23(29-30-25)32-15-13-31(14-16-32)22-9-5-2-6-10-22/h1,3-4,7-8,11-12,19,22H,2,5-6,9-10,13-18H2,(H,27,33). The molecule has 2 fully saturated rings. The van der Waals surface area contributed by atoms with Crippen LogP contribution in [0, 0.1) is 0 Å². The van der Waals surface area contributed by atoms with E-state index in [0.717, 1.165) is 54.3 Å². The van der Waals surface area contributed by atoms with Crippen molar-refractivity contribution in [3.8, 4) is 16.5 Å². The Bertz CT molecular complexity index is 1080. The van der Waals surface area contributed by atoms with Crippen LogP contribution < -0.4 is 15.0 Å². The zero-order chi connectivity index (χ0) is 23.9. The summed E-state index contributed by atoms with van der Waals surface area (Å²) >= 11 is 1.57. The molecule has 3 heterocycles. The predicted molar refractivity (Wildman–Crippen MR) is 138 cm³/mol. The third kappa shape index (κ3) is 6.35. The fourth-order valence-corrected chi connectivity index (χ4v) is 5.63. The number of ether oxygens (including phenoxy) is 1. The van der Waals surface area contributed by atoms with E-state index in [2.05, 4.69) is 30.3 Å². The van der Waals surface area contributed by atoms with Crippen molar-refractivity contribution < 1.29 is 9.53 Å². The number of hydrogen-bond acceptors (Lipinski definition) is 8. The molecule has 0 spiro atoms. The van der Waals surface area contributed by atoms with Crippen molar-refractivity contribution in [2.45, 2.75) is 44.7 Å². The Kier molecular flexibility index (Phi) is 7.85. The van der Waals surface area contributed by atoms with E-state index in [1.807, 2.05) is 41.8 Å². The molecule has 9 heteroatoms. The topological polar surface area (TPSA) is 83.5 Å². The van der Waals surface area contributed by atoms with Gasteiger partial charge in [-0.3, -0.25) is 9.69 Å². The molecule has 35 heavy (non-hydrogen) atoms. The number of thiazole rings is 1. The minimum Gasteiger partial charge on any atom is -0.466 e. The van der Waals surface area contributed by atoms with Crippen LogP contribution in [0.15, 0.2) is 47.8 Å². The third-order valence-corrected chi connectivity index (χ3v) is 7.69. The van der Waals surface area contributed by atoms with Gasteiger partial charge in [-0.25, -0.2) is 4.98 Å². The molecule has 1 aromatic carbocycles. The number of amides is 1. The molecule has 0 unspecified atom stereocenters. The number of nitrogens with one attached hydrogen (secondary N) is 1. The summed E-state index contributed by atoms with van der Waals surface area (Å²) in [5.41, 5.74) is 1.90. The van der Waals surface area contributed by atoms with Crippen LogP contribution in [0.25, 0.3) is 10.6 Å². The van der Waals surface area contributed by atoms with Crippen molar-refractivity contribution in [2.75, 3.05) is 37.7 Å². The van der Waals surface area contributed by atoms with Crippen molar-refractivity contribution in [1.82, 2.24) is 25.4 Å². The van der Waals surface area contributed by atoms with Crippen molar-refractivity contribution in [3.05, 3.63) is 53.5 Å². The van der Waals surface area contributed by atoms with Gasteiger partial charge in [-0.2, -0.15) is 0 Å². The highest BCUT2D eigenvalue weighted by atomic mass is 32.1. The monoisotopic (exact) mass is 492 g/mol. The van der Waals surface area contributed by atoms with Gasteiger partial charge in [0.05, 0.1) is 12.2 Å². The molecule has 1 amide bonds. The number of benzene rings is 1. The van der Waals surface area contributed by atoms with E-state index >= 15 is 0 Å². The van der Waals surface area contributed by atoms with Gasteiger partial charge in [0, 0.05) is 49.2 Å². The van der Waals surface area contributed by atoms with E-state index in [1.165, 1.54) is 32.1 Å². The summed E-state index contributed by atoms with van der Waals surface area (Å²) in [5.74, 6) is 0.997. The quantitative estimate of drug-likeness (QED) is 0.513. The zero-order valence-corrected chi connectivity index (χ0v) is 20.8. The number of nitrogens with zero attached hydrogens (tertiary/aromatic N) is 5. The SMILES string of the molecule is O=C(COc1ccc(N2CCN(C3CCCCC3)CC2)nn1)NCc1csc(-c2ccccc2)n1. The summed E-state index contributed by atoms with van der Waals surface area (Å²) in [6.45, 7) is 4.35. The number of carbonyl (C=O) groups is 1. The van der Waals surface area contributed by atoms with Gasteiger partial charge in [0.1, 0.15) is 5.01 Å². The van der Waals surface area contributed by atoms with Gasteiger partial charge >= 0.3 is 0 Å². The minimum atomic E-state index is -0.219. The van der Waals surface area contributed by atoms with Crippen molar-refractivity contribution in [2.24, 2.45) is 0 Å². The van der Waals surface area contributed by atoms with Crippen molar-refractivity contribution in [3.63, 3.8) is 0 Å². The maximum Gasteiger partial charge on any atom is 0.258 e. The third-order valence-electron chi connectivity index (χ3n) is 6.75. The Hall–Kier alpha value is -3.04. The van der Waals surface area contributed by atoms with Crippen LogP contribution in [0.4, 0.5) is 5.82 Å². The Balaban J connectivity index is 1.04. The lowest BCUT2D eigenvalue weighted by Crippen LogP contribution is -2.51. The molecule has 5 rings (SSSR count). The van der Waals surface area contributed by atoms with E-state index in [4.69, 9.17) is 4.74 Å². The molecule has 184 valence electrons. The van der Waals surface area contributed by atoms with Gasteiger partial charge in [0.2, 0.25) is 5.88 Å². The van der Waals surface area contributed by atoms with Gasteiger partial charge in [-0.15, -0.1) is 21.5 Å². The number of aromatic nitrogens is 3. The van der Waals surface area contributed by atoms with E-state index in [0.29, 0.717) is 12.4 Å². The molecule has 1 aliphatic carbocycles. The molecule has 1 saturated heterocycles. The van der Waals surface area contributed by atoms with Crippen LogP contribution in [0.5, 0.6) is 5.88 Å². The lowest BCUT2D eigenvalue weighted by molar-refractivity contribution is -0.123. The maximum atomic E-state index is 12.2. The summed E-state index contributed by atoms with van der Waals surface area (Å²) in [6.07, 6.45) is 6.82. The summed E-state index contributed by atoms with van der Waals surface area (Å²) < 4.78 is 5.54. The van der Waals surface area contributed by atoms with Crippen molar-refractivity contribution >= 4 is 23.1 Å². The van der Waals surface area contributed by atoms with Crippen LogP contribution in [0.3, 0.4) is 0 Å². The number of piperazine rings is 1. The molecule has 0 radical (unpaired) electrons. The fourth-order valence-electron chi connectivity index (χ4n) is 4.80.